The molecule has 2 aromatic carbocycles. The molecule has 1 aromatic heterocycles. The highest BCUT2D eigenvalue weighted by molar-refractivity contribution is 5.94. The Morgan fingerprint density at radius 1 is 1.00 bits per heavy atom. The largest absolute Gasteiger partial charge is 0.497 e. The molecule has 8 nitrogen and oxygen atoms in total. The number of methoxy groups -OCH3 is 1. The van der Waals surface area contributed by atoms with Gasteiger partial charge < -0.3 is 23.6 Å². The molecule has 5 rings (SSSR count). The van der Waals surface area contributed by atoms with E-state index in [4.69, 9.17) is 18.7 Å². The molecule has 0 unspecified atom stereocenters. The minimum atomic E-state index is -0.0200. The van der Waals surface area contributed by atoms with Gasteiger partial charge in [0.1, 0.15) is 17.6 Å². The van der Waals surface area contributed by atoms with Gasteiger partial charge in [-0.15, -0.1) is 0 Å². The number of benzene rings is 2. The van der Waals surface area contributed by atoms with Crippen LogP contribution in [-0.2, 0) is 4.74 Å². The smallest absolute Gasteiger partial charge is 0.254 e. The molecule has 0 atom stereocenters. The summed E-state index contributed by atoms with van der Waals surface area (Å²) in [6.07, 6.45) is 1.80. The van der Waals surface area contributed by atoms with Gasteiger partial charge in [0.15, 0.2) is 0 Å². The molecule has 1 amide bonds. The van der Waals surface area contributed by atoms with E-state index in [0.717, 1.165) is 43.1 Å². The van der Waals surface area contributed by atoms with E-state index in [2.05, 4.69) is 10.1 Å². The van der Waals surface area contributed by atoms with Crippen molar-refractivity contribution in [3.8, 4) is 22.9 Å². The van der Waals surface area contributed by atoms with Gasteiger partial charge in [0, 0.05) is 30.3 Å². The molecule has 3 aromatic rings. The van der Waals surface area contributed by atoms with Crippen LogP contribution < -0.4 is 9.47 Å². The first-order valence-corrected chi connectivity index (χ1v) is 10.8. The van der Waals surface area contributed by atoms with Gasteiger partial charge in [0.25, 0.3) is 5.91 Å². The van der Waals surface area contributed by atoms with Gasteiger partial charge in [-0.3, -0.25) is 4.79 Å². The average molecular weight is 435 g/mol. The Bertz CT molecular complexity index is 1050. The number of hydrogen-bond acceptors (Lipinski definition) is 7. The number of nitrogens with zero attached hydrogens (tertiary/aromatic N) is 3. The van der Waals surface area contributed by atoms with E-state index in [-0.39, 0.29) is 17.9 Å². The van der Waals surface area contributed by atoms with E-state index in [9.17, 15) is 4.79 Å². The average Bonchev–Trinajstić information content (AvgIpc) is 3.32. The summed E-state index contributed by atoms with van der Waals surface area (Å²) in [5.41, 5.74) is 1.53. The lowest BCUT2D eigenvalue weighted by Crippen LogP contribution is -2.56. The standard InChI is InChI=1S/C24H25N3O5/c1-29-19-6-4-18(5-7-19)24(28)27-14-21(15-27)31-20-8-2-16(3-9-20)22-25-23(32-26-22)17-10-12-30-13-11-17/h2-9,17,21H,10-15H2,1H3. The Kier molecular flexibility index (Phi) is 5.77. The molecule has 0 bridgehead atoms. The van der Waals surface area contributed by atoms with E-state index >= 15 is 0 Å². The molecule has 32 heavy (non-hydrogen) atoms. The van der Waals surface area contributed by atoms with Gasteiger partial charge in [-0.25, -0.2) is 0 Å². The second-order valence-corrected chi connectivity index (χ2v) is 8.05. The molecule has 166 valence electrons. The maximum atomic E-state index is 12.5. The zero-order valence-corrected chi connectivity index (χ0v) is 17.9. The molecule has 3 heterocycles. The number of rotatable bonds is 6. The van der Waals surface area contributed by atoms with Crippen molar-refractivity contribution < 1.29 is 23.5 Å². The molecule has 0 N–H and O–H groups in total. The molecule has 2 aliphatic heterocycles. The number of likely N-dealkylation sites (tertiary alicyclic amines) is 1. The monoisotopic (exact) mass is 435 g/mol. The summed E-state index contributed by atoms with van der Waals surface area (Å²) in [6, 6.07) is 14.8. The quantitative estimate of drug-likeness (QED) is 0.585. The number of aromatic nitrogens is 2. The first kappa shape index (κ1) is 20.5. The molecule has 2 fully saturated rings. The van der Waals surface area contributed by atoms with Crippen molar-refractivity contribution in [3.05, 3.63) is 60.0 Å². The van der Waals surface area contributed by atoms with Gasteiger partial charge in [0.05, 0.1) is 20.2 Å². The van der Waals surface area contributed by atoms with Crippen LogP contribution in [0, 0.1) is 0 Å². The number of carbonyl (C=O) groups is 1. The lowest BCUT2D eigenvalue weighted by molar-refractivity contribution is 0.0178. The molecule has 0 radical (unpaired) electrons. The molecular weight excluding hydrogens is 410 g/mol. The van der Waals surface area contributed by atoms with Gasteiger partial charge >= 0.3 is 0 Å². The first-order chi connectivity index (χ1) is 15.7. The maximum Gasteiger partial charge on any atom is 0.254 e. The highest BCUT2D eigenvalue weighted by Gasteiger charge is 2.33. The SMILES string of the molecule is COc1ccc(C(=O)N2CC(Oc3ccc(-c4noc(C5CCOCC5)n4)cc3)C2)cc1. The maximum absolute atomic E-state index is 12.5. The third kappa shape index (κ3) is 4.31. The van der Waals surface area contributed by atoms with Crippen LogP contribution in [-0.4, -0.2) is 60.5 Å². The van der Waals surface area contributed by atoms with E-state index in [1.54, 1.807) is 36.3 Å². The zero-order chi connectivity index (χ0) is 21.9. The molecule has 0 saturated carbocycles. The number of amides is 1. The van der Waals surface area contributed by atoms with Crippen LogP contribution in [0.2, 0.25) is 0 Å². The molecule has 2 aliphatic rings. The van der Waals surface area contributed by atoms with Gasteiger partial charge in [-0.1, -0.05) is 5.16 Å². The van der Waals surface area contributed by atoms with Gasteiger partial charge in [-0.05, 0) is 61.4 Å². The van der Waals surface area contributed by atoms with Crippen molar-refractivity contribution in [3.63, 3.8) is 0 Å². The number of hydrogen-bond donors (Lipinski definition) is 0. The van der Waals surface area contributed by atoms with Crippen molar-refractivity contribution in [1.29, 1.82) is 0 Å². The van der Waals surface area contributed by atoms with E-state index < -0.39 is 0 Å². The van der Waals surface area contributed by atoms with Crippen LogP contribution in [0.1, 0.15) is 35.0 Å². The molecule has 8 heteroatoms. The fourth-order valence-corrected chi connectivity index (χ4v) is 3.93. The fraction of sp³-hybridized carbons (Fsp3) is 0.375. The Labute approximate surface area is 186 Å². The summed E-state index contributed by atoms with van der Waals surface area (Å²) in [7, 11) is 1.60. The summed E-state index contributed by atoms with van der Waals surface area (Å²) >= 11 is 0. The number of carbonyl (C=O) groups excluding carboxylic acids is 1. The summed E-state index contributed by atoms with van der Waals surface area (Å²) in [5.74, 6) is 3.02. The number of ether oxygens (including phenoxy) is 3. The van der Waals surface area contributed by atoms with E-state index in [1.165, 1.54) is 0 Å². The van der Waals surface area contributed by atoms with Crippen molar-refractivity contribution >= 4 is 5.91 Å². The van der Waals surface area contributed by atoms with Crippen molar-refractivity contribution in [2.75, 3.05) is 33.4 Å². The predicted octanol–water partition coefficient (Wildman–Crippen LogP) is 3.54. The second-order valence-electron chi connectivity index (χ2n) is 8.05. The van der Waals surface area contributed by atoms with Crippen LogP contribution in [0.4, 0.5) is 0 Å². The van der Waals surface area contributed by atoms with E-state index in [1.807, 2.05) is 24.3 Å². The van der Waals surface area contributed by atoms with Crippen molar-refractivity contribution in [2.45, 2.75) is 24.9 Å². The van der Waals surface area contributed by atoms with Crippen molar-refractivity contribution in [2.24, 2.45) is 0 Å². The van der Waals surface area contributed by atoms with Crippen LogP contribution in [0.15, 0.2) is 53.1 Å². The van der Waals surface area contributed by atoms with Gasteiger partial charge in [-0.2, -0.15) is 4.98 Å². The normalized spacial score (nSPS) is 17.1. The van der Waals surface area contributed by atoms with Gasteiger partial charge in [0.2, 0.25) is 11.7 Å². The minimum absolute atomic E-state index is 0.000269. The Hall–Kier alpha value is -3.39. The highest BCUT2D eigenvalue weighted by Crippen LogP contribution is 2.28. The molecular formula is C24H25N3O5. The third-order valence-electron chi connectivity index (χ3n) is 5.90. The Morgan fingerprint density at radius 2 is 1.69 bits per heavy atom. The molecule has 0 spiro atoms. The summed E-state index contributed by atoms with van der Waals surface area (Å²) in [5, 5.41) is 4.13. The van der Waals surface area contributed by atoms with E-state index in [0.29, 0.717) is 30.4 Å². The predicted molar refractivity (Wildman–Crippen MR) is 116 cm³/mol. The van der Waals surface area contributed by atoms with Crippen molar-refractivity contribution in [1.82, 2.24) is 15.0 Å². The second kappa shape index (κ2) is 9.00. The lowest BCUT2D eigenvalue weighted by atomic mass is 10.0. The highest BCUT2D eigenvalue weighted by atomic mass is 16.5. The molecule has 2 saturated heterocycles. The summed E-state index contributed by atoms with van der Waals surface area (Å²) in [6.45, 7) is 2.59. The minimum Gasteiger partial charge on any atom is -0.497 e. The Balaban J connectivity index is 1.14. The lowest BCUT2D eigenvalue weighted by Gasteiger charge is -2.39. The molecule has 0 aliphatic carbocycles. The van der Waals surface area contributed by atoms with Crippen LogP contribution in [0.3, 0.4) is 0 Å². The fourth-order valence-electron chi connectivity index (χ4n) is 3.93. The zero-order valence-electron chi connectivity index (χ0n) is 17.9. The topological polar surface area (TPSA) is 86.9 Å². The third-order valence-corrected chi connectivity index (χ3v) is 5.90. The first-order valence-electron chi connectivity index (χ1n) is 10.8. The van der Waals surface area contributed by atoms with Crippen LogP contribution in [0.5, 0.6) is 11.5 Å². The Morgan fingerprint density at radius 3 is 2.38 bits per heavy atom. The summed E-state index contributed by atoms with van der Waals surface area (Å²) < 4.78 is 22.0. The van der Waals surface area contributed by atoms with Crippen LogP contribution in [0.25, 0.3) is 11.4 Å². The van der Waals surface area contributed by atoms with Crippen LogP contribution >= 0.6 is 0 Å². The summed E-state index contributed by atoms with van der Waals surface area (Å²) in [4.78, 5) is 18.9.